The summed E-state index contributed by atoms with van der Waals surface area (Å²) in [5.74, 6) is 1.45. The van der Waals surface area contributed by atoms with Crippen molar-refractivity contribution in [1.82, 2.24) is 14.9 Å². The lowest BCUT2D eigenvalue weighted by Crippen LogP contribution is -2.36. The third kappa shape index (κ3) is 5.41. The van der Waals surface area contributed by atoms with Crippen LogP contribution >= 0.6 is 0 Å². The number of hydrogen-bond donors (Lipinski definition) is 1. The molecule has 0 bridgehead atoms. The van der Waals surface area contributed by atoms with E-state index in [-0.39, 0.29) is 11.8 Å². The third-order valence-electron chi connectivity index (χ3n) is 6.25. The van der Waals surface area contributed by atoms with E-state index in [0.717, 1.165) is 23.2 Å². The summed E-state index contributed by atoms with van der Waals surface area (Å²) in [5, 5.41) is 5.57. The van der Waals surface area contributed by atoms with Gasteiger partial charge >= 0.3 is 0 Å². The summed E-state index contributed by atoms with van der Waals surface area (Å²) in [6.07, 6.45) is 6.21. The predicted molar refractivity (Wildman–Crippen MR) is 136 cm³/mol. The maximum Gasteiger partial charge on any atom is 0.257 e. The van der Waals surface area contributed by atoms with E-state index in [1.165, 1.54) is 10.9 Å². The molecule has 35 heavy (non-hydrogen) atoms. The fraction of sp³-hybridized carbons (Fsp3) is 0.250. The first-order chi connectivity index (χ1) is 17.2. The van der Waals surface area contributed by atoms with E-state index in [4.69, 9.17) is 9.47 Å². The van der Waals surface area contributed by atoms with E-state index in [0.29, 0.717) is 37.7 Å². The normalized spacial score (nSPS) is 16.0. The minimum atomic E-state index is -0.0488. The molecule has 1 N–H and O–H groups in total. The van der Waals surface area contributed by atoms with E-state index < -0.39 is 0 Å². The average molecular weight is 469 g/mol. The molecule has 0 spiro atoms. The molecule has 5 rings (SSSR count). The van der Waals surface area contributed by atoms with Crippen molar-refractivity contribution < 1.29 is 14.3 Å². The van der Waals surface area contributed by atoms with Gasteiger partial charge in [0.05, 0.1) is 25.9 Å². The Bertz CT molecular complexity index is 1310. The van der Waals surface area contributed by atoms with Gasteiger partial charge in [0.2, 0.25) is 0 Å². The summed E-state index contributed by atoms with van der Waals surface area (Å²) in [6.45, 7) is 2.32. The molecule has 7 nitrogen and oxygen atoms in total. The first-order valence-electron chi connectivity index (χ1n) is 11.8. The number of aromatic nitrogens is 2. The Morgan fingerprint density at radius 1 is 1.11 bits per heavy atom. The summed E-state index contributed by atoms with van der Waals surface area (Å²) >= 11 is 0. The van der Waals surface area contributed by atoms with Gasteiger partial charge in [0.15, 0.2) is 0 Å². The average Bonchev–Trinajstić information content (AvgIpc) is 3.14. The second-order valence-electron chi connectivity index (χ2n) is 8.71. The van der Waals surface area contributed by atoms with Crippen LogP contribution in [-0.4, -0.2) is 54.2 Å². The Kier molecular flexibility index (Phi) is 6.86. The quantitative estimate of drug-likeness (QED) is 0.442. The Labute approximate surface area is 204 Å². The first kappa shape index (κ1) is 22.8. The van der Waals surface area contributed by atoms with E-state index in [9.17, 15) is 4.79 Å². The van der Waals surface area contributed by atoms with Crippen molar-refractivity contribution in [3.8, 4) is 5.75 Å². The lowest BCUT2D eigenvalue weighted by Gasteiger charge is -2.24. The molecule has 1 saturated heterocycles. The topological polar surface area (TPSA) is 76.6 Å². The number of carbonyl (C=O) groups is 1. The molecule has 1 aliphatic rings. The molecule has 4 aromatic rings. The van der Waals surface area contributed by atoms with Crippen molar-refractivity contribution in [1.29, 1.82) is 0 Å². The lowest BCUT2D eigenvalue weighted by atomic mass is 9.97. The third-order valence-corrected chi connectivity index (χ3v) is 6.25. The van der Waals surface area contributed by atoms with Gasteiger partial charge in [-0.2, -0.15) is 0 Å². The number of nitrogens with one attached hydrogen (secondary N) is 1. The zero-order chi connectivity index (χ0) is 24.0. The van der Waals surface area contributed by atoms with Gasteiger partial charge in [0, 0.05) is 48.7 Å². The van der Waals surface area contributed by atoms with Gasteiger partial charge in [0.1, 0.15) is 11.6 Å². The second kappa shape index (κ2) is 10.5. The number of hydrogen-bond acceptors (Lipinski definition) is 6. The number of benzene rings is 2. The number of rotatable bonds is 6. The van der Waals surface area contributed by atoms with Gasteiger partial charge in [-0.3, -0.25) is 9.78 Å². The highest BCUT2D eigenvalue weighted by molar-refractivity contribution is 5.99. The van der Waals surface area contributed by atoms with E-state index in [2.05, 4.69) is 33.5 Å². The van der Waals surface area contributed by atoms with Gasteiger partial charge < -0.3 is 19.7 Å². The molecule has 178 valence electrons. The maximum atomic E-state index is 13.6. The van der Waals surface area contributed by atoms with Crippen molar-refractivity contribution in [3.63, 3.8) is 0 Å². The molecule has 2 aromatic heterocycles. The number of carbonyl (C=O) groups excluding carboxylic acids is 1. The number of fused-ring (bicyclic) bond motifs is 1. The molecule has 0 radical (unpaired) electrons. The van der Waals surface area contributed by atoms with Crippen LogP contribution in [0.5, 0.6) is 5.75 Å². The maximum absolute atomic E-state index is 13.6. The summed E-state index contributed by atoms with van der Waals surface area (Å²) in [6, 6.07) is 19.6. The van der Waals surface area contributed by atoms with E-state index in [1.807, 2.05) is 47.5 Å². The summed E-state index contributed by atoms with van der Waals surface area (Å²) in [4.78, 5) is 24.2. The highest BCUT2D eigenvalue weighted by Gasteiger charge is 2.25. The van der Waals surface area contributed by atoms with Crippen LogP contribution in [-0.2, 0) is 11.2 Å². The smallest absolute Gasteiger partial charge is 0.257 e. The molecule has 0 unspecified atom stereocenters. The highest BCUT2D eigenvalue weighted by Crippen LogP contribution is 2.24. The van der Waals surface area contributed by atoms with Crippen molar-refractivity contribution >= 4 is 28.2 Å². The molecule has 7 heteroatoms. The number of methoxy groups -OCH3 is 1. The number of ether oxygens (including phenoxy) is 2. The van der Waals surface area contributed by atoms with Gasteiger partial charge in [-0.25, -0.2) is 4.98 Å². The fourth-order valence-corrected chi connectivity index (χ4v) is 4.44. The van der Waals surface area contributed by atoms with Crippen molar-refractivity contribution in [3.05, 3.63) is 90.4 Å². The van der Waals surface area contributed by atoms with Crippen LogP contribution in [0.3, 0.4) is 0 Å². The second-order valence-corrected chi connectivity index (χ2v) is 8.71. The first-order valence-corrected chi connectivity index (χ1v) is 11.8. The Hall–Kier alpha value is -3.97. The Morgan fingerprint density at radius 2 is 2.00 bits per heavy atom. The predicted octanol–water partition coefficient (Wildman–Crippen LogP) is 4.71. The van der Waals surface area contributed by atoms with Gasteiger partial charge in [-0.1, -0.05) is 12.1 Å². The molecule has 3 heterocycles. The molecule has 1 fully saturated rings. The molecule has 1 amide bonds. The van der Waals surface area contributed by atoms with Gasteiger partial charge in [-0.15, -0.1) is 0 Å². The van der Waals surface area contributed by atoms with E-state index in [1.54, 1.807) is 25.6 Å². The van der Waals surface area contributed by atoms with Crippen LogP contribution in [0.1, 0.15) is 15.9 Å². The van der Waals surface area contributed by atoms with Gasteiger partial charge in [-0.05, 0) is 65.9 Å². The zero-order valence-corrected chi connectivity index (χ0v) is 19.7. The number of anilines is 2. The van der Waals surface area contributed by atoms with Crippen LogP contribution in [0.4, 0.5) is 11.5 Å². The Balaban J connectivity index is 1.32. The monoisotopic (exact) mass is 468 g/mol. The molecular formula is C28H28N4O3. The number of amides is 1. The largest absolute Gasteiger partial charge is 0.497 e. The Morgan fingerprint density at radius 3 is 2.86 bits per heavy atom. The van der Waals surface area contributed by atoms with Crippen LogP contribution in [0.15, 0.2) is 79.3 Å². The minimum absolute atomic E-state index is 0.0488. The molecule has 1 atom stereocenters. The van der Waals surface area contributed by atoms with Gasteiger partial charge in [0.25, 0.3) is 5.91 Å². The van der Waals surface area contributed by atoms with Crippen molar-refractivity contribution in [2.24, 2.45) is 5.92 Å². The van der Waals surface area contributed by atoms with Crippen LogP contribution in [0, 0.1) is 5.92 Å². The van der Waals surface area contributed by atoms with Crippen molar-refractivity contribution in [2.45, 2.75) is 6.42 Å². The molecule has 0 saturated carbocycles. The highest BCUT2D eigenvalue weighted by atomic mass is 16.5. The number of pyridine rings is 2. The van der Waals surface area contributed by atoms with Crippen LogP contribution in [0.25, 0.3) is 10.8 Å². The van der Waals surface area contributed by atoms with Crippen LogP contribution < -0.4 is 10.1 Å². The molecular weight excluding hydrogens is 440 g/mol. The van der Waals surface area contributed by atoms with Crippen molar-refractivity contribution in [2.75, 3.05) is 38.7 Å². The standard InChI is InChI=1S/C28H28N4O3/c1-34-25-8-6-24(7-9-25)31-27-26(3-2-11-30-27)28(33)32-13-14-35-19-21(18-32)15-20-4-5-22-10-12-29-17-23(22)16-20/h2-12,16-17,21H,13-15,18-19H2,1H3,(H,30,31)/t21-/m0/s1. The summed E-state index contributed by atoms with van der Waals surface area (Å²) in [7, 11) is 1.63. The molecule has 1 aliphatic heterocycles. The summed E-state index contributed by atoms with van der Waals surface area (Å²) in [5.41, 5.74) is 2.60. The molecule has 0 aliphatic carbocycles. The lowest BCUT2D eigenvalue weighted by molar-refractivity contribution is 0.0738. The van der Waals surface area contributed by atoms with E-state index >= 15 is 0 Å². The molecule has 2 aromatic carbocycles. The SMILES string of the molecule is COc1ccc(Nc2ncccc2C(=O)N2CCOC[C@@H](Cc3ccc4ccncc4c3)C2)cc1. The minimum Gasteiger partial charge on any atom is -0.497 e. The zero-order valence-electron chi connectivity index (χ0n) is 19.7. The van der Waals surface area contributed by atoms with Crippen LogP contribution in [0.2, 0.25) is 0 Å². The number of nitrogens with zero attached hydrogens (tertiary/aromatic N) is 3. The summed E-state index contributed by atoms with van der Waals surface area (Å²) < 4.78 is 11.1. The fourth-order valence-electron chi connectivity index (χ4n) is 4.44.